The van der Waals surface area contributed by atoms with E-state index in [1.165, 1.54) is 24.8 Å². The summed E-state index contributed by atoms with van der Waals surface area (Å²) in [5.41, 5.74) is 0.886. The highest BCUT2D eigenvalue weighted by molar-refractivity contribution is 5.96. The molecule has 1 aromatic heterocycles. The molecular weight excluding hydrogens is 306 g/mol. The molecule has 1 saturated heterocycles. The van der Waals surface area contributed by atoms with Crippen LogP contribution in [-0.4, -0.2) is 49.6 Å². The summed E-state index contributed by atoms with van der Waals surface area (Å²) in [5, 5.41) is 24.3. The number of H-pyrrole nitrogens is 1. The van der Waals surface area contributed by atoms with Crippen LogP contribution in [0.3, 0.4) is 0 Å². The van der Waals surface area contributed by atoms with Crippen molar-refractivity contribution < 1.29 is 9.90 Å². The molecule has 1 aliphatic heterocycles. The molecule has 2 N–H and O–H groups in total. The SMILES string of the molecule is O=C(c1ccccc1C1CCC1)N1CCC(O)(c2nn[nH]n2)CC1. The smallest absolute Gasteiger partial charge is 0.254 e. The molecule has 1 saturated carbocycles. The van der Waals surface area contributed by atoms with E-state index in [9.17, 15) is 9.90 Å². The molecule has 2 fully saturated rings. The van der Waals surface area contributed by atoms with Gasteiger partial charge >= 0.3 is 0 Å². The summed E-state index contributed by atoms with van der Waals surface area (Å²) in [5.74, 6) is 0.892. The van der Waals surface area contributed by atoms with E-state index in [2.05, 4.69) is 26.7 Å². The van der Waals surface area contributed by atoms with Gasteiger partial charge in [-0.2, -0.15) is 5.21 Å². The molecule has 24 heavy (non-hydrogen) atoms. The van der Waals surface area contributed by atoms with Crippen LogP contribution in [-0.2, 0) is 5.60 Å². The first-order chi connectivity index (χ1) is 11.7. The molecule has 0 unspecified atom stereocenters. The topological polar surface area (TPSA) is 95.0 Å². The summed E-state index contributed by atoms with van der Waals surface area (Å²) in [7, 11) is 0. The van der Waals surface area contributed by atoms with E-state index in [1.54, 1.807) is 0 Å². The molecular formula is C17H21N5O2. The number of carbonyl (C=O) groups excluding carboxylic acids is 1. The monoisotopic (exact) mass is 327 g/mol. The summed E-state index contributed by atoms with van der Waals surface area (Å²) in [4.78, 5) is 14.8. The fourth-order valence-corrected chi connectivity index (χ4v) is 3.60. The first-order valence-electron chi connectivity index (χ1n) is 8.52. The lowest BCUT2D eigenvalue weighted by molar-refractivity contribution is -0.0279. The predicted molar refractivity (Wildman–Crippen MR) is 86.2 cm³/mol. The summed E-state index contributed by atoms with van der Waals surface area (Å²) >= 11 is 0. The van der Waals surface area contributed by atoms with Crippen LogP contribution >= 0.6 is 0 Å². The van der Waals surface area contributed by atoms with E-state index in [-0.39, 0.29) is 5.91 Å². The van der Waals surface area contributed by atoms with Crippen LogP contribution in [0.5, 0.6) is 0 Å². The van der Waals surface area contributed by atoms with Crippen molar-refractivity contribution >= 4 is 5.91 Å². The minimum atomic E-state index is -1.10. The fraction of sp³-hybridized carbons (Fsp3) is 0.529. The number of nitrogens with one attached hydrogen (secondary N) is 1. The Kier molecular flexibility index (Phi) is 3.80. The van der Waals surface area contributed by atoms with E-state index in [0.29, 0.717) is 37.7 Å². The Morgan fingerprint density at radius 1 is 1.25 bits per heavy atom. The zero-order valence-electron chi connectivity index (χ0n) is 13.5. The van der Waals surface area contributed by atoms with Crippen LogP contribution in [0.15, 0.2) is 24.3 Å². The summed E-state index contributed by atoms with van der Waals surface area (Å²) in [6.07, 6.45) is 4.42. The third-order valence-corrected chi connectivity index (χ3v) is 5.38. The second-order valence-corrected chi connectivity index (χ2v) is 6.77. The number of tetrazole rings is 1. The van der Waals surface area contributed by atoms with Gasteiger partial charge in [0.2, 0.25) is 5.82 Å². The van der Waals surface area contributed by atoms with Crippen LogP contribution in [0.2, 0.25) is 0 Å². The Hall–Kier alpha value is -2.28. The van der Waals surface area contributed by atoms with E-state index >= 15 is 0 Å². The van der Waals surface area contributed by atoms with E-state index in [0.717, 1.165) is 5.56 Å². The van der Waals surface area contributed by atoms with E-state index in [4.69, 9.17) is 0 Å². The van der Waals surface area contributed by atoms with Gasteiger partial charge in [0.15, 0.2) is 0 Å². The van der Waals surface area contributed by atoms with Crippen molar-refractivity contribution in [2.75, 3.05) is 13.1 Å². The largest absolute Gasteiger partial charge is 0.382 e. The third kappa shape index (κ3) is 2.58. The number of aromatic nitrogens is 4. The normalized spacial score (nSPS) is 20.6. The average Bonchev–Trinajstić information content (AvgIpc) is 3.09. The molecule has 1 amide bonds. The average molecular weight is 327 g/mol. The van der Waals surface area contributed by atoms with Gasteiger partial charge in [-0.25, -0.2) is 0 Å². The molecule has 4 rings (SSSR count). The van der Waals surface area contributed by atoms with Crippen LogP contribution < -0.4 is 0 Å². The highest BCUT2D eigenvalue weighted by Crippen LogP contribution is 2.38. The molecule has 7 heteroatoms. The molecule has 0 spiro atoms. The van der Waals surface area contributed by atoms with Crippen molar-refractivity contribution in [3.05, 3.63) is 41.2 Å². The lowest BCUT2D eigenvalue weighted by atomic mass is 9.78. The summed E-state index contributed by atoms with van der Waals surface area (Å²) in [6.45, 7) is 0.978. The molecule has 2 aliphatic rings. The number of likely N-dealkylation sites (tertiary alicyclic amines) is 1. The van der Waals surface area contributed by atoms with Crippen LogP contribution in [0.25, 0.3) is 0 Å². The summed E-state index contributed by atoms with van der Waals surface area (Å²) < 4.78 is 0. The maximum Gasteiger partial charge on any atom is 0.254 e. The standard InChI is InChI=1S/C17H21N5O2/c23-15(14-7-2-1-6-13(14)12-4-3-5-12)22-10-8-17(24,9-11-22)16-18-20-21-19-16/h1-2,6-7,12,24H,3-5,8-11H2,(H,18,19,20,21). The predicted octanol–water partition coefficient (Wildman–Crippen LogP) is 1.59. The number of rotatable bonds is 3. The molecule has 1 aromatic carbocycles. The summed E-state index contributed by atoms with van der Waals surface area (Å²) in [6, 6.07) is 7.94. The maximum atomic E-state index is 13.0. The van der Waals surface area contributed by atoms with E-state index in [1.807, 2.05) is 23.1 Å². The Bertz CT molecular complexity index is 718. The molecule has 2 aromatic rings. The Balaban J connectivity index is 1.49. The van der Waals surface area contributed by atoms with Gasteiger partial charge < -0.3 is 10.0 Å². The number of piperidine rings is 1. The highest BCUT2D eigenvalue weighted by Gasteiger charge is 2.39. The Labute approximate surface area is 140 Å². The molecule has 1 aliphatic carbocycles. The van der Waals surface area contributed by atoms with Crippen molar-refractivity contribution in [3.63, 3.8) is 0 Å². The number of amides is 1. The van der Waals surface area contributed by atoms with Crippen LogP contribution in [0.4, 0.5) is 0 Å². The number of hydrogen-bond donors (Lipinski definition) is 2. The van der Waals surface area contributed by atoms with Crippen LogP contribution in [0.1, 0.15) is 59.8 Å². The number of carbonyl (C=O) groups is 1. The van der Waals surface area contributed by atoms with Gasteiger partial charge in [-0.3, -0.25) is 4.79 Å². The van der Waals surface area contributed by atoms with Gasteiger partial charge in [0, 0.05) is 31.5 Å². The third-order valence-electron chi connectivity index (χ3n) is 5.38. The number of aromatic amines is 1. The van der Waals surface area contributed by atoms with Crippen LogP contribution in [0, 0.1) is 0 Å². The molecule has 0 radical (unpaired) electrons. The van der Waals surface area contributed by atoms with Crippen molar-refractivity contribution in [2.24, 2.45) is 0 Å². The van der Waals surface area contributed by atoms with Gasteiger partial charge in [-0.15, -0.1) is 10.2 Å². The molecule has 0 bridgehead atoms. The first-order valence-corrected chi connectivity index (χ1v) is 8.52. The minimum absolute atomic E-state index is 0.0626. The zero-order chi connectivity index (χ0) is 16.6. The fourth-order valence-electron chi connectivity index (χ4n) is 3.60. The molecule has 7 nitrogen and oxygen atoms in total. The van der Waals surface area contributed by atoms with Gasteiger partial charge in [0.05, 0.1) is 0 Å². The molecule has 126 valence electrons. The number of aliphatic hydroxyl groups is 1. The van der Waals surface area contributed by atoms with Crippen molar-refractivity contribution in [1.82, 2.24) is 25.5 Å². The second kappa shape index (κ2) is 5.98. The number of nitrogens with zero attached hydrogens (tertiary/aromatic N) is 4. The van der Waals surface area contributed by atoms with Crippen molar-refractivity contribution in [2.45, 2.75) is 43.6 Å². The lowest BCUT2D eigenvalue weighted by Crippen LogP contribution is -2.46. The van der Waals surface area contributed by atoms with Gasteiger partial charge in [0.1, 0.15) is 5.60 Å². The maximum absolute atomic E-state index is 13.0. The minimum Gasteiger partial charge on any atom is -0.382 e. The van der Waals surface area contributed by atoms with Crippen molar-refractivity contribution in [1.29, 1.82) is 0 Å². The number of benzene rings is 1. The Morgan fingerprint density at radius 3 is 2.62 bits per heavy atom. The second-order valence-electron chi connectivity index (χ2n) is 6.77. The quantitative estimate of drug-likeness (QED) is 0.892. The van der Waals surface area contributed by atoms with Gasteiger partial charge in [0.25, 0.3) is 5.91 Å². The van der Waals surface area contributed by atoms with E-state index < -0.39 is 5.60 Å². The van der Waals surface area contributed by atoms with Crippen molar-refractivity contribution in [3.8, 4) is 0 Å². The zero-order valence-corrected chi connectivity index (χ0v) is 13.5. The van der Waals surface area contributed by atoms with Gasteiger partial charge in [-0.1, -0.05) is 29.8 Å². The van der Waals surface area contributed by atoms with Gasteiger partial charge in [-0.05, 0) is 30.4 Å². The molecule has 2 heterocycles. The lowest BCUT2D eigenvalue weighted by Gasteiger charge is -2.37. The first kappa shape index (κ1) is 15.3. The Morgan fingerprint density at radius 2 is 2.00 bits per heavy atom. The highest BCUT2D eigenvalue weighted by atomic mass is 16.3. The number of hydrogen-bond acceptors (Lipinski definition) is 5. The molecule has 0 atom stereocenters.